The zero-order valence-corrected chi connectivity index (χ0v) is 15.3. The summed E-state index contributed by atoms with van der Waals surface area (Å²) in [6, 6.07) is 10.4. The molecule has 0 bridgehead atoms. The Kier molecular flexibility index (Phi) is 3.84. The molecular weight excluding hydrogens is 364 g/mol. The Balaban J connectivity index is 1.65. The zero-order chi connectivity index (χ0) is 17.5. The molecule has 2 N–H and O–H groups in total. The number of pyridine rings is 1. The number of aromatic nitrogens is 4. The van der Waals surface area contributed by atoms with Crippen molar-refractivity contribution >= 4 is 45.3 Å². The monoisotopic (exact) mass is 378 g/mol. The van der Waals surface area contributed by atoms with Crippen LogP contribution in [0.4, 0.5) is 0 Å². The standard InChI is InChI=1S/C20H15ClN4S/c21-14-4-6-15(7-5-14)26-19-16-2-1-9-22-20(16)24-18(19)12-3-8-17-13(10-12)11-23-25-17/h1-4,6-11,14H,5H2,(H,22,24)(H,23,25). The number of fused-ring (bicyclic) bond motifs is 2. The molecule has 1 unspecified atom stereocenters. The van der Waals surface area contributed by atoms with Crippen LogP contribution in [0.5, 0.6) is 0 Å². The van der Waals surface area contributed by atoms with Gasteiger partial charge in [-0.25, -0.2) is 4.98 Å². The van der Waals surface area contributed by atoms with E-state index >= 15 is 0 Å². The number of aromatic amines is 2. The molecule has 128 valence electrons. The molecule has 1 aliphatic carbocycles. The number of hydrogen-bond acceptors (Lipinski definition) is 3. The summed E-state index contributed by atoms with van der Waals surface area (Å²) >= 11 is 7.92. The first kappa shape index (κ1) is 15.7. The van der Waals surface area contributed by atoms with Gasteiger partial charge in [-0.05, 0) is 36.2 Å². The number of H-pyrrole nitrogens is 2. The lowest BCUT2D eigenvalue weighted by Crippen LogP contribution is -1.95. The number of halogens is 1. The van der Waals surface area contributed by atoms with Gasteiger partial charge >= 0.3 is 0 Å². The van der Waals surface area contributed by atoms with Crippen LogP contribution in [0.1, 0.15) is 6.42 Å². The van der Waals surface area contributed by atoms with E-state index in [0.29, 0.717) is 0 Å². The van der Waals surface area contributed by atoms with Gasteiger partial charge in [0, 0.05) is 26.8 Å². The van der Waals surface area contributed by atoms with E-state index in [4.69, 9.17) is 11.6 Å². The first-order valence-corrected chi connectivity index (χ1v) is 9.64. The third-order valence-electron chi connectivity index (χ3n) is 4.49. The van der Waals surface area contributed by atoms with Crippen molar-refractivity contribution in [2.45, 2.75) is 16.7 Å². The molecule has 4 aromatic rings. The highest BCUT2D eigenvalue weighted by Crippen LogP contribution is 2.42. The largest absolute Gasteiger partial charge is 0.338 e. The van der Waals surface area contributed by atoms with Gasteiger partial charge in [0.05, 0.1) is 22.8 Å². The van der Waals surface area contributed by atoms with Crippen molar-refractivity contribution in [3.05, 3.63) is 65.9 Å². The smallest absolute Gasteiger partial charge is 0.138 e. The van der Waals surface area contributed by atoms with Gasteiger partial charge in [-0.2, -0.15) is 5.10 Å². The summed E-state index contributed by atoms with van der Waals surface area (Å²) in [4.78, 5) is 10.4. The average Bonchev–Trinajstić information content (AvgIpc) is 3.28. The molecule has 0 saturated carbocycles. The number of rotatable bonds is 3. The second-order valence-corrected chi connectivity index (χ2v) is 7.86. The quantitative estimate of drug-likeness (QED) is 0.453. The van der Waals surface area contributed by atoms with Crippen LogP contribution in [0.25, 0.3) is 33.2 Å². The summed E-state index contributed by atoms with van der Waals surface area (Å²) in [6.45, 7) is 0. The molecule has 6 heteroatoms. The van der Waals surface area contributed by atoms with Crippen molar-refractivity contribution in [1.82, 2.24) is 20.2 Å². The minimum atomic E-state index is 0.0898. The molecule has 0 saturated heterocycles. The lowest BCUT2D eigenvalue weighted by molar-refractivity contribution is 1.04. The zero-order valence-electron chi connectivity index (χ0n) is 13.7. The third-order valence-corrected chi connectivity index (χ3v) is 5.98. The molecule has 0 aliphatic heterocycles. The van der Waals surface area contributed by atoms with Crippen molar-refractivity contribution in [1.29, 1.82) is 0 Å². The molecule has 0 fully saturated rings. The van der Waals surface area contributed by atoms with Crippen LogP contribution in [0.2, 0.25) is 0 Å². The van der Waals surface area contributed by atoms with Crippen molar-refractivity contribution in [2.24, 2.45) is 0 Å². The maximum absolute atomic E-state index is 6.17. The minimum Gasteiger partial charge on any atom is -0.338 e. The Labute approximate surface area is 159 Å². The van der Waals surface area contributed by atoms with Gasteiger partial charge in [-0.15, -0.1) is 11.6 Å². The molecule has 26 heavy (non-hydrogen) atoms. The van der Waals surface area contributed by atoms with Gasteiger partial charge in [0.2, 0.25) is 0 Å². The van der Waals surface area contributed by atoms with Crippen molar-refractivity contribution < 1.29 is 0 Å². The number of nitrogens with one attached hydrogen (secondary N) is 2. The third kappa shape index (κ3) is 2.73. The number of alkyl halides is 1. The number of hydrogen-bond donors (Lipinski definition) is 2. The molecule has 1 aromatic carbocycles. The van der Waals surface area contributed by atoms with Crippen molar-refractivity contribution in [2.75, 3.05) is 0 Å². The lowest BCUT2D eigenvalue weighted by Gasteiger charge is -2.11. The molecule has 4 nitrogen and oxygen atoms in total. The van der Waals surface area contributed by atoms with Crippen LogP contribution >= 0.6 is 23.4 Å². The maximum Gasteiger partial charge on any atom is 0.138 e. The predicted molar refractivity (Wildman–Crippen MR) is 109 cm³/mol. The summed E-state index contributed by atoms with van der Waals surface area (Å²) in [5.74, 6) is 0. The van der Waals surface area contributed by atoms with Crippen LogP contribution in [0.3, 0.4) is 0 Å². The number of benzene rings is 1. The van der Waals surface area contributed by atoms with Crippen molar-refractivity contribution in [3.63, 3.8) is 0 Å². The molecular formula is C20H15ClN4S. The van der Waals surface area contributed by atoms with E-state index < -0.39 is 0 Å². The van der Waals surface area contributed by atoms with Gasteiger partial charge in [0.1, 0.15) is 5.65 Å². The molecule has 1 aliphatic rings. The Morgan fingerprint density at radius 1 is 1.23 bits per heavy atom. The van der Waals surface area contributed by atoms with E-state index in [1.165, 1.54) is 9.80 Å². The Morgan fingerprint density at radius 2 is 2.19 bits per heavy atom. The average molecular weight is 379 g/mol. The summed E-state index contributed by atoms with van der Waals surface area (Å²) in [5, 5.41) is 9.43. The summed E-state index contributed by atoms with van der Waals surface area (Å²) in [5.41, 5.74) is 4.13. The molecule has 0 radical (unpaired) electrons. The van der Waals surface area contributed by atoms with Crippen LogP contribution in [-0.2, 0) is 0 Å². The SMILES string of the molecule is ClC1C=CC(Sc2c(-c3ccc4[nH]ncc4c3)[nH]c3ncccc23)=CC1. The van der Waals surface area contributed by atoms with Gasteiger partial charge in [0.25, 0.3) is 0 Å². The molecule has 0 spiro atoms. The summed E-state index contributed by atoms with van der Waals surface area (Å²) in [6.07, 6.45) is 10.9. The fraction of sp³-hybridized carbons (Fsp3) is 0.100. The van der Waals surface area contributed by atoms with Gasteiger partial charge in [-0.3, -0.25) is 5.10 Å². The molecule has 1 atom stereocenters. The fourth-order valence-electron chi connectivity index (χ4n) is 3.17. The van der Waals surface area contributed by atoms with E-state index in [2.05, 4.69) is 56.6 Å². The van der Waals surface area contributed by atoms with Crippen LogP contribution in [0.15, 0.2) is 70.8 Å². The van der Waals surface area contributed by atoms with Crippen LogP contribution in [-0.4, -0.2) is 25.5 Å². The number of nitrogens with zero attached hydrogens (tertiary/aromatic N) is 2. The molecule has 3 heterocycles. The molecule has 3 aromatic heterocycles. The first-order valence-electron chi connectivity index (χ1n) is 8.38. The second-order valence-electron chi connectivity index (χ2n) is 6.22. The van der Waals surface area contributed by atoms with Crippen LogP contribution in [0, 0.1) is 0 Å². The highest BCUT2D eigenvalue weighted by atomic mass is 35.5. The molecule has 5 rings (SSSR count). The van der Waals surface area contributed by atoms with Gasteiger partial charge < -0.3 is 4.98 Å². The van der Waals surface area contributed by atoms with E-state index in [1.54, 1.807) is 11.8 Å². The predicted octanol–water partition coefficient (Wildman–Crippen LogP) is 5.65. The lowest BCUT2D eigenvalue weighted by atomic mass is 10.1. The van der Waals surface area contributed by atoms with E-state index in [9.17, 15) is 0 Å². The van der Waals surface area contributed by atoms with E-state index in [-0.39, 0.29) is 5.38 Å². The molecule has 0 amide bonds. The van der Waals surface area contributed by atoms with Crippen LogP contribution < -0.4 is 0 Å². The summed E-state index contributed by atoms with van der Waals surface area (Å²) < 4.78 is 0. The fourth-order valence-corrected chi connectivity index (χ4v) is 4.44. The Bertz CT molecular complexity index is 1170. The first-order chi connectivity index (χ1) is 12.8. The summed E-state index contributed by atoms with van der Waals surface area (Å²) in [7, 11) is 0. The van der Waals surface area contributed by atoms with Gasteiger partial charge in [0.15, 0.2) is 0 Å². The topological polar surface area (TPSA) is 57.4 Å². The number of thioether (sulfide) groups is 1. The normalized spacial score (nSPS) is 17.1. The Morgan fingerprint density at radius 3 is 3.08 bits per heavy atom. The minimum absolute atomic E-state index is 0.0898. The highest BCUT2D eigenvalue weighted by Gasteiger charge is 2.17. The van der Waals surface area contributed by atoms with E-state index in [0.717, 1.165) is 39.6 Å². The van der Waals surface area contributed by atoms with E-state index in [1.807, 2.05) is 24.5 Å². The van der Waals surface area contributed by atoms with Gasteiger partial charge in [-0.1, -0.05) is 36.1 Å². The maximum atomic E-state index is 6.17. The number of allylic oxidation sites excluding steroid dienone is 3. The van der Waals surface area contributed by atoms with Crippen molar-refractivity contribution in [3.8, 4) is 11.3 Å². The Hall–Kier alpha value is -2.50. The second kappa shape index (κ2) is 6.34. The highest BCUT2D eigenvalue weighted by molar-refractivity contribution is 8.03.